The van der Waals surface area contributed by atoms with Gasteiger partial charge in [-0.05, 0) is 23.8 Å². The number of ether oxygens (including phenoxy) is 1. The van der Waals surface area contributed by atoms with E-state index in [0.29, 0.717) is 21.7 Å². The van der Waals surface area contributed by atoms with E-state index in [1.165, 1.54) is 0 Å². The van der Waals surface area contributed by atoms with E-state index >= 15 is 0 Å². The number of aromatic carboxylic acids is 1. The third kappa shape index (κ3) is 3.21. The zero-order valence-corrected chi connectivity index (χ0v) is 14.8. The Morgan fingerprint density at radius 2 is 1.92 bits per heavy atom. The fourth-order valence-electron chi connectivity index (χ4n) is 3.34. The van der Waals surface area contributed by atoms with E-state index < -0.39 is 5.97 Å². The van der Waals surface area contributed by atoms with Crippen molar-refractivity contribution in [2.45, 2.75) is 6.54 Å². The summed E-state index contributed by atoms with van der Waals surface area (Å²) in [6.45, 7) is 4.04. The number of carbonyl (C=O) groups is 1. The zero-order valence-electron chi connectivity index (χ0n) is 14.1. The average molecular weight is 372 g/mol. The Kier molecular flexibility index (Phi) is 4.68. The number of halogens is 1. The van der Waals surface area contributed by atoms with Crippen LogP contribution in [0.5, 0.6) is 0 Å². The molecule has 4 rings (SSSR count). The normalized spacial score (nSPS) is 15.4. The van der Waals surface area contributed by atoms with Crippen molar-refractivity contribution in [3.05, 3.63) is 58.8 Å². The Labute approximate surface area is 155 Å². The van der Waals surface area contributed by atoms with Gasteiger partial charge in [0.1, 0.15) is 5.58 Å². The molecule has 2 heterocycles. The first kappa shape index (κ1) is 17.1. The first-order valence-corrected chi connectivity index (χ1v) is 8.85. The van der Waals surface area contributed by atoms with Crippen LogP contribution in [0.4, 0.5) is 0 Å². The molecule has 1 aromatic heterocycles. The van der Waals surface area contributed by atoms with Crippen molar-refractivity contribution in [2.24, 2.45) is 0 Å². The Balaban J connectivity index is 1.82. The van der Waals surface area contributed by atoms with Crippen molar-refractivity contribution in [1.82, 2.24) is 4.90 Å². The molecule has 1 saturated heterocycles. The van der Waals surface area contributed by atoms with Gasteiger partial charge in [0.15, 0.2) is 0 Å². The molecular weight excluding hydrogens is 354 g/mol. The molecule has 6 heteroatoms. The lowest BCUT2D eigenvalue weighted by molar-refractivity contribution is 0.0342. The maximum absolute atomic E-state index is 11.7. The average Bonchev–Trinajstić information content (AvgIpc) is 3.02. The Hall–Kier alpha value is -2.34. The molecule has 1 fully saturated rings. The van der Waals surface area contributed by atoms with Crippen molar-refractivity contribution in [3.63, 3.8) is 0 Å². The van der Waals surface area contributed by atoms with E-state index in [9.17, 15) is 9.90 Å². The van der Waals surface area contributed by atoms with Crippen LogP contribution >= 0.6 is 11.6 Å². The van der Waals surface area contributed by atoms with Crippen LogP contribution in [-0.2, 0) is 11.3 Å². The highest BCUT2D eigenvalue weighted by atomic mass is 35.5. The zero-order chi connectivity index (χ0) is 18.1. The third-order valence-corrected chi connectivity index (χ3v) is 4.93. The molecule has 0 spiro atoms. The molecule has 1 N–H and O–H groups in total. The largest absolute Gasteiger partial charge is 0.475 e. The van der Waals surface area contributed by atoms with Gasteiger partial charge >= 0.3 is 5.97 Å². The number of rotatable bonds is 4. The van der Waals surface area contributed by atoms with Gasteiger partial charge in [0.25, 0.3) is 0 Å². The van der Waals surface area contributed by atoms with Crippen LogP contribution in [-0.4, -0.2) is 42.3 Å². The summed E-state index contributed by atoms with van der Waals surface area (Å²) in [7, 11) is 0. The molecule has 0 unspecified atom stereocenters. The summed E-state index contributed by atoms with van der Waals surface area (Å²) in [5.74, 6) is -1.19. The number of benzene rings is 2. The maximum Gasteiger partial charge on any atom is 0.372 e. The van der Waals surface area contributed by atoms with Crippen LogP contribution in [0.25, 0.3) is 22.1 Å². The summed E-state index contributed by atoms with van der Waals surface area (Å²) in [4.78, 5) is 14.0. The molecular formula is C20H18ClNO4. The van der Waals surface area contributed by atoms with Crippen LogP contribution in [0.3, 0.4) is 0 Å². The quantitative estimate of drug-likeness (QED) is 0.741. The smallest absolute Gasteiger partial charge is 0.372 e. The summed E-state index contributed by atoms with van der Waals surface area (Å²) in [5.41, 5.74) is 2.84. The predicted octanol–water partition coefficient (Wildman–Crippen LogP) is 4.28. The molecule has 3 aromatic rings. The van der Waals surface area contributed by atoms with E-state index in [-0.39, 0.29) is 5.76 Å². The Morgan fingerprint density at radius 1 is 1.15 bits per heavy atom. The van der Waals surface area contributed by atoms with Crippen LogP contribution < -0.4 is 0 Å². The summed E-state index contributed by atoms with van der Waals surface area (Å²) >= 11 is 6.33. The highest BCUT2D eigenvalue weighted by Crippen LogP contribution is 2.39. The number of hydrogen-bond acceptors (Lipinski definition) is 4. The lowest BCUT2D eigenvalue weighted by Gasteiger charge is -2.26. The monoisotopic (exact) mass is 371 g/mol. The highest BCUT2D eigenvalue weighted by Gasteiger charge is 2.23. The molecule has 5 nitrogen and oxygen atoms in total. The van der Waals surface area contributed by atoms with Crippen LogP contribution in [0.15, 0.2) is 46.9 Å². The van der Waals surface area contributed by atoms with E-state index in [2.05, 4.69) is 4.90 Å². The highest BCUT2D eigenvalue weighted by molar-refractivity contribution is 6.34. The molecule has 134 valence electrons. The molecule has 0 atom stereocenters. The number of carboxylic acid groups (broad SMARTS) is 1. The van der Waals surface area contributed by atoms with Crippen molar-refractivity contribution in [3.8, 4) is 11.1 Å². The second-order valence-corrected chi connectivity index (χ2v) is 6.72. The van der Waals surface area contributed by atoms with Gasteiger partial charge in [-0.2, -0.15) is 0 Å². The van der Waals surface area contributed by atoms with Gasteiger partial charge in [-0.1, -0.05) is 35.9 Å². The van der Waals surface area contributed by atoms with E-state index in [0.717, 1.165) is 43.8 Å². The molecule has 0 saturated carbocycles. The van der Waals surface area contributed by atoms with Crippen molar-refractivity contribution in [1.29, 1.82) is 0 Å². The third-order valence-electron chi connectivity index (χ3n) is 4.60. The maximum atomic E-state index is 11.7. The van der Waals surface area contributed by atoms with Gasteiger partial charge in [-0.25, -0.2) is 4.79 Å². The number of hydrogen-bond donors (Lipinski definition) is 1. The standard InChI is InChI=1S/C20H18ClNO4/c21-16-4-2-1-3-14(16)18-15-11-13(12-22-7-9-25-10-8-22)5-6-17(15)26-19(18)20(23)24/h1-6,11H,7-10,12H2,(H,23,24). The molecule has 26 heavy (non-hydrogen) atoms. The molecule has 0 bridgehead atoms. The molecule has 1 aliphatic heterocycles. The van der Waals surface area contributed by atoms with Gasteiger partial charge in [-0.15, -0.1) is 0 Å². The molecule has 0 radical (unpaired) electrons. The predicted molar refractivity (Wildman–Crippen MR) is 99.7 cm³/mol. The van der Waals surface area contributed by atoms with Gasteiger partial charge in [0.05, 0.1) is 13.2 Å². The lowest BCUT2D eigenvalue weighted by atomic mass is 10.00. The van der Waals surface area contributed by atoms with Crippen LogP contribution in [0.2, 0.25) is 5.02 Å². The molecule has 0 aliphatic carbocycles. The van der Waals surface area contributed by atoms with Crippen LogP contribution in [0.1, 0.15) is 16.1 Å². The molecule has 0 amide bonds. The summed E-state index contributed by atoms with van der Waals surface area (Å²) in [6.07, 6.45) is 0. The fraction of sp³-hybridized carbons (Fsp3) is 0.250. The van der Waals surface area contributed by atoms with Gasteiger partial charge in [0.2, 0.25) is 5.76 Å². The lowest BCUT2D eigenvalue weighted by Crippen LogP contribution is -2.35. The van der Waals surface area contributed by atoms with Gasteiger partial charge in [-0.3, -0.25) is 4.90 Å². The molecule has 1 aliphatic rings. The minimum absolute atomic E-state index is 0.0865. The van der Waals surface area contributed by atoms with Crippen molar-refractivity contribution >= 4 is 28.5 Å². The summed E-state index contributed by atoms with van der Waals surface area (Å²) in [6, 6.07) is 13.0. The summed E-state index contributed by atoms with van der Waals surface area (Å²) in [5, 5.41) is 10.9. The van der Waals surface area contributed by atoms with Crippen LogP contribution in [0, 0.1) is 0 Å². The number of furan rings is 1. The van der Waals surface area contributed by atoms with Gasteiger partial charge in [0, 0.05) is 41.2 Å². The summed E-state index contributed by atoms with van der Waals surface area (Å²) < 4.78 is 11.0. The first-order chi connectivity index (χ1) is 12.6. The Bertz CT molecular complexity index is 960. The number of morpholine rings is 1. The second kappa shape index (κ2) is 7.11. The SMILES string of the molecule is O=C(O)c1oc2ccc(CN3CCOCC3)cc2c1-c1ccccc1Cl. The van der Waals surface area contributed by atoms with E-state index in [1.807, 2.05) is 36.4 Å². The van der Waals surface area contributed by atoms with Crippen molar-refractivity contribution < 1.29 is 19.1 Å². The van der Waals surface area contributed by atoms with Gasteiger partial charge < -0.3 is 14.3 Å². The molecule has 2 aromatic carbocycles. The fourth-order valence-corrected chi connectivity index (χ4v) is 3.57. The topological polar surface area (TPSA) is 62.9 Å². The first-order valence-electron chi connectivity index (χ1n) is 8.47. The second-order valence-electron chi connectivity index (χ2n) is 6.31. The Morgan fingerprint density at radius 3 is 2.65 bits per heavy atom. The number of fused-ring (bicyclic) bond motifs is 1. The minimum atomic E-state index is -1.11. The van der Waals surface area contributed by atoms with E-state index in [4.69, 9.17) is 20.8 Å². The number of nitrogens with zero attached hydrogens (tertiary/aromatic N) is 1. The van der Waals surface area contributed by atoms with E-state index in [1.54, 1.807) is 6.07 Å². The van der Waals surface area contributed by atoms with Crippen molar-refractivity contribution in [2.75, 3.05) is 26.3 Å². The number of carboxylic acids is 1. The minimum Gasteiger partial charge on any atom is -0.475 e.